The predicted octanol–water partition coefficient (Wildman–Crippen LogP) is 2.86. The summed E-state index contributed by atoms with van der Waals surface area (Å²) in [5.41, 5.74) is 2.49. The van der Waals surface area contributed by atoms with E-state index in [1.54, 1.807) is 23.7 Å². The fourth-order valence-electron chi connectivity index (χ4n) is 2.77. The summed E-state index contributed by atoms with van der Waals surface area (Å²) in [6.07, 6.45) is 10.4. The van der Waals surface area contributed by atoms with Crippen LogP contribution in [0.5, 0.6) is 0 Å². The molecule has 2 heterocycles. The van der Waals surface area contributed by atoms with Crippen molar-refractivity contribution in [3.8, 4) is 10.6 Å². The highest BCUT2D eigenvalue weighted by atomic mass is 32.1. The number of aromatic amines is 1. The Morgan fingerprint density at radius 3 is 3.00 bits per heavy atom. The van der Waals surface area contributed by atoms with Gasteiger partial charge in [0.05, 0.1) is 6.20 Å². The molecule has 1 atom stereocenters. The highest BCUT2D eigenvalue weighted by Crippen LogP contribution is 2.26. The van der Waals surface area contributed by atoms with Crippen LogP contribution in [0.25, 0.3) is 10.6 Å². The van der Waals surface area contributed by atoms with E-state index in [9.17, 15) is 9.59 Å². The lowest BCUT2D eigenvalue weighted by atomic mass is 9.96. The fourth-order valence-corrected chi connectivity index (χ4v) is 3.79. The van der Waals surface area contributed by atoms with Crippen LogP contribution in [0.4, 0.5) is 0 Å². The first kappa shape index (κ1) is 16.6. The van der Waals surface area contributed by atoms with Crippen LogP contribution in [0.15, 0.2) is 29.9 Å². The summed E-state index contributed by atoms with van der Waals surface area (Å²) in [5.74, 6) is -0.213. The molecular formula is C17H20N4O2S. The van der Waals surface area contributed by atoms with Gasteiger partial charge in [0, 0.05) is 40.0 Å². The number of H-pyrrole nitrogens is 1. The van der Waals surface area contributed by atoms with Crippen LogP contribution >= 0.6 is 11.3 Å². The minimum atomic E-state index is -0.176. The first-order chi connectivity index (χ1) is 11.7. The van der Waals surface area contributed by atoms with E-state index in [0.29, 0.717) is 6.42 Å². The number of hydrogen-bond acceptors (Lipinski definition) is 5. The summed E-state index contributed by atoms with van der Waals surface area (Å²) in [6, 6.07) is 0. The number of nitrogens with one attached hydrogen (secondary N) is 2. The SMILES string of the molecule is CC(Cc1cnc(-c2cn[nH]c2)s1)C(=O)NC1=C(C=O)CCCC1. The standard InChI is InChI=1S/C17H20N4O2S/c1-11(16(23)21-15-5-3-2-4-12(15)10-22)6-14-9-18-17(24-14)13-7-19-20-8-13/h7-11H,2-6H2,1H3,(H,19,20)(H,21,23). The normalized spacial score (nSPS) is 16.0. The van der Waals surface area contributed by atoms with Gasteiger partial charge in [0.2, 0.25) is 5.91 Å². The zero-order chi connectivity index (χ0) is 16.9. The highest BCUT2D eigenvalue weighted by Gasteiger charge is 2.19. The monoisotopic (exact) mass is 344 g/mol. The number of aromatic nitrogens is 3. The second-order valence-corrected chi connectivity index (χ2v) is 7.16. The molecule has 2 aromatic rings. The molecule has 2 aromatic heterocycles. The Morgan fingerprint density at radius 2 is 2.25 bits per heavy atom. The van der Waals surface area contributed by atoms with Gasteiger partial charge in [-0.2, -0.15) is 5.10 Å². The van der Waals surface area contributed by atoms with E-state index in [1.807, 2.05) is 13.1 Å². The lowest BCUT2D eigenvalue weighted by Crippen LogP contribution is -2.31. The summed E-state index contributed by atoms with van der Waals surface area (Å²) < 4.78 is 0. The summed E-state index contributed by atoms with van der Waals surface area (Å²) >= 11 is 1.57. The molecule has 7 heteroatoms. The maximum absolute atomic E-state index is 12.4. The number of rotatable bonds is 6. The van der Waals surface area contributed by atoms with Crippen molar-refractivity contribution >= 4 is 23.5 Å². The van der Waals surface area contributed by atoms with Crippen LogP contribution in [0.3, 0.4) is 0 Å². The molecule has 0 aromatic carbocycles. The van der Waals surface area contributed by atoms with Crippen LogP contribution < -0.4 is 5.32 Å². The van der Waals surface area contributed by atoms with Crippen molar-refractivity contribution in [1.82, 2.24) is 20.5 Å². The maximum atomic E-state index is 12.4. The Kier molecular flexibility index (Phi) is 5.20. The number of thiazole rings is 1. The maximum Gasteiger partial charge on any atom is 0.227 e. The van der Waals surface area contributed by atoms with Gasteiger partial charge in [-0.15, -0.1) is 11.3 Å². The zero-order valence-electron chi connectivity index (χ0n) is 13.5. The molecule has 6 nitrogen and oxygen atoms in total. The van der Waals surface area contributed by atoms with Gasteiger partial charge in [-0.05, 0) is 32.1 Å². The van der Waals surface area contributed by atoms with E-state index in [0.717, 1.165) is 58.7 Å². The minimum absolute atomic E-state index is 0.0375. The van der Waals surface area contributed by atoms with Gasteiger partial charge in [0.1, 0.15) is 11.3 Å². The fraction of sp³-hybridized carbons (Fsp3) is 0.412. The molecule has 1 amide bonds. The number of hydrogen-bond donors (Lipinski definition) is 2. The van der Waals surface area contributed by atoms with Crippen molar-refractivity contribution in [3.05, 3.63) is 34.7 Å². The van der Waals surface area contributed by atoms with Crippen molar-refractivity contribution in [2.24, 2.45) is 5.92 Å². The third kappa shape index (κ3) is 3.79. The zero-order valence-corrected chi connectivity index (χ0v) is 14.4. The Balaban J connectivity index is 1.62. The largest absolute Gasteiger partial charge is 0.329 e. The van der Waals surface area contributed by atoms with Crippen LogP contribution in [0.1, 0.15) is 37.5 Å². The molecule has 0 saturated carbocycles. The predicted molar refractivity (Wildman–Crippen MR) is 92.3 cm³/mol. The van der Waals surface area contributed by atoms with E-state index >= 15 is 0 Å². The van der Waals surface area contributed by atoms with Gasteiger partial charge in [0.15, 0.2) is 0 Å². The average molecular weight is 344 g/mol. The first-order valence-corrected chi connectivity index (χ1v) is 8.91. The third-order valence-electron chi connectivity index (χ3n) is 4.18. The summed E-state index contributed by atoms with van der Waals surface area (Å²) in [5, 5.41) is 10.5. The van der Waals surface area contributed by atoms with Crippen molar-refractivity contribution in [2.75, 3.05) is 0 Å². The summed E-state index contributed by atoms with van der Waals surface area (Å²) in [4.78, 5) is 29.0. The number of carbonyl (C=O) groups excluding carboxylic acids is 2. The molecule has 126 valence electrons. The lowest BCUT2D eigenvalue weighted by molar-refractivity contribution is -0.123. The summed E-state index contributed by atoms with van der Waals surface area (Å²) in [7, 11) is 0. The summed E-state index contributed by atoms with van der Waals surface area (Å²) in [6.45, 7) is 1.90. The van der Waals surface area contributed by atoms with E-state index in [-0.39, 0.29) is 11.8 Å². The Labute approximate surface area is 144 Å². The molecular weight excluding hydrogens is 324 g/mol. The quantitative estimate of drug-likeness (QED) is 0.789. The smallest absolute Gasteiger partial charge is 0.227 e. The topological polar surface area (TPSA) is 87.7 Å². The van der Waals surface area contributed by atoms with Crippen LogP contribution in [-0.2, 0) is 16.0 Å². The van der Waals surface area contributed by atoms with E-state index in [2.05, 4.69) is 20.5 Å². The first-order valence-electron chi connectivity index (χ1n) is 8.09. The van der Waals surface area contributed by atoms with E-state index < -0.39 is 0 Å². The van der Waals surface area contributed by atoms with Gasteiger partial charge in [-0.25, -0.2) is 4.98 Å². The molecule has 0 spiro atoms. The van der Waals surface area contributed by atoms with Crippen molar-refractivity contribution in [1.29, 1.82) is 0 Å². The number of carbonyl (C=O) groups is 2. The molecule has 1 aliphatic carbocycles. The average Bonchev–Trinajstić information content (AvgIpc) is 3.26. The minimum Gasteiger partial charge on any atom is -0.329 e. The van der Waals surface area contributed by atoms with Crippen molar-refractivity contribution in [3.63, 3.8) is 0 Å². The molecule has 3 rings (SSSR count). The molecule has 0 aliphatic heterocycles. The van der Waals surface area contributed by atoms with Gasteiger partial charge < -0.3 is 5.32 Å². The third-order valence-corrected chi connectivity index (χ3v) is 5.25. The molecule has 0 saturated heterocycles. The molecule has 1 aliphatic rings. The van der Waals surface area contributed by atoms with Crippen molar-refractivity contribution < 1.29 is 9.59 Å². The Bertz CT molecular complexity index is 748. The van der Waals surface area contributed by atoms with Gasteiger partial charge in [-0.1, -0.05) is 6.92 Å². The molecule has 1 unspecified atom stereocenters. The van der Waals surface area contributed by atoms with Gasteiger partial charge in [0.25, 0.3) is 0 Å². The van der Waals surface area contributed by atoms with Crippen LogP contribution in [-0.4, -0.2) is 27.4 Å². The van der Waals surface area contributed by atoms with Gasteiger partial charge >= 0.3 is 0 Å². The number of amides is 1. The van der Waals surface area contributed by atoms with Crippen LogP contribution in [0.2, 0.25) is 0 Å². The molecule has 0 bridgehead atoms. The Morgan fingerprint density at radius 1 is 1.42 bits per heavy atom. The molecule has 24 heavy (non-hydrogen) atoms. The number of aldehydes is 1. The van der Waals surface area contributed by atoms with E-state index in [1.165, 1.54) is 0 Å². The molecule has 0 radical (unpaired) electrons. The van der Waals surface area contributed by atoms with Gasteiger partial charge in [-0.3, -0.25) is 14.7 Å². The molecule has 2 N–H and O–H groups in total. The Hall–Kier alpha value is -2.28. The molecule has 0 fully saturated rings. The van der Waals surface area contributed by atoms with Crippen LogP contribution in [0, 0.1) is 5.92 Å². The number of nitrogens with zero attached hydrogens (tertiary/aromatic N) is 2. The van der Waals surface area contributed by atoms with Crippen molar-refractivity contribution in [2.45, 2.75) is 39.0 Å². The second-order valence-electron chi connectivity index (χ2n) is 6.04. The van der Waals surface area contributed by atoms with E-state index in [4.69, 9.17) is 0 Å². The highest BCUT2D eigenvalue weighted by molar-refractivity contribution is 7.15. The lowest BCUT2D eigenvalue weighted by Gasteiger charge is -2.19. The number of allylic oxidation sites excluding steroid dienone is 2. The second kappa shape index (κ2) is 7.53.